The molecule has 242 valence electrons. The lowest BCUT2D eigenvalue weighted by atomic mass is 10.1. The van der Waals surface area contributed by atoms with Crippen LogP contribution in [0.5, 0.6) is 0 Å². The fraction of sp³-hybridized carbons (Fsp3) is 0.778. The second-order valence-electron chi connectivity index (χ2n) is 12.1. The summed E-state index contributed by atoms with van der Waals surface area (Å²) in [6.45, 7) is 9.35. The first-order valence-corrected chi connectivity index (χ1v) is 17.3. The van der Waals surface area contributed by atoms with Crippen molar-refractivity contribution in [3.63, 3.8) is 0 Å². The van der Waals surface area contributed by atoms with Gasteiger partial charge in [0.15, 0.2) is 0 Å². The Kier molecular flexibility index (Phi) is 24.2. The predicted octanol–water partition coefficient (Wildman–Crippen LogP) is 8.93. The summed E-state index contributed by atoms with van der Waals surface area (Å²) >= 11 is 0. The third-order valence-corrected chi connectivity index (χ3v) is 7.98. The van der Waals surface area contributed by atoms with Gasteiger partial charge >= 0.3 is 11.9 Å². The molecule has 0 bridgehead atoms. The van der Waals surface area contributed by atoms with Crippen molar-refractivity contribution in [3.05, 3.63) is 35.4 Å². The summed E-state index contributed by atoms with van der Waals surface area (Å²) in [5.74, 6) is -0.694. The fourth-order valence-electron chi connectivity index (χ4n) is 5.16. The molecule has 1 rings (SSSR count). The number of benzene rings is 1. The number of rotatable bonds is 28. The van der Waals surface area contributed by atoms with Gasteiger partial charge in [-0.1, -0.05) is 104 Å². The van der Waals surface area contributed by atoms with E-state index in [9.17, 15) is 9.59 Å². The van der Waals surface area contributed by atoms with Gasteiger partial charge in [0.1, 0.15) is 0 Å². The second kappa shape index (κ2) is 26.7. The highest BCUT2D eigenvalue weighted by atomic mass is 16.5. The Morgan fingerprint density at radius 1 is 0.476 bits per heavy atom. The molecular formula is C36H64N2O4. The minimum atomic E-state index is -0.347. The quantitative estimate of drug-likeness (QED) is 0.0719. The van der Waals surface area contributed by atoms with Gasteiger partial charge in [-0.05, 0) is 77.1 Å². The van der Waals surface area contributed by atoms with Gasteiger partial charge in [-0.2, -0.15) is 0 Å². The van der Waals surface area contributed by atoms with E-state index in [1.807, 2.05) is 0 Å². The van der Waals surface area contributed by atoms with Crippen molar-refractivity contribution in [3.8, 4) is 0 Å². The van der Waals surface area contributed by atoms with E-state index in [1.54, 1.807) is 24.3 Å². The van der Waals surface area contributed by atoms with Crippen LogP contribution in [0.15, 0.2) is 24.3 Å². The van der Waals surface area contributed by atoms with Crippen molar-refractivity contribution in [1.29, 1.82) is 0 Å². The van der Waals surface area contributed by atoms with Crippen molar-refractivity contribution >= 4 is 11.9 Å². The lowest BCUT2D eigenvalue weighted by Crippen LogP contribution is -2.22. The van der Waals surface area contributed by atoms with E-state index < -0.39 is 0 Å². The molecule has 0 amide bonds. The van der Waals surface area contributed by atoms with E-state index in [2.05, 4.69) is 37.7 Å². The summed E-state index contributed by atoms with van der Waals surface area (Å²) in [6, 6.07) is 6.57. The number of hydrogen-bond donors (Lipinski definition) is 0. The van der Waals surface area contributed by atoms with Crippen molar-refractivity contribution < 1.29 is 19.1 Å². The minimum Gasteiger partial charge on any atom is -0.462 e. The summed E-state index contributed by atoms with van der Waals surface area (Å²) in [5.41, 5.74) is 0.919. The maximum absolute atomic E-state index is 12.4. The number of ether oxygens (including phenoxy) is 2. The van der Waals surface area contributed by atoms with Crippen LogP contribution in [0.1, 0.15) is 150 Å². The normalized spacial score (nSPS) is 11.4. The van der Waals surface area contributed by atoms with Crippen LogP contribution in [0, 0.1) is 0 Å². The summed E-state index contributed by atoms with van der Waals surface area (Å²) in [6.07, 6.45) is 22.9. The van der Waals surface area contributed by atoms with Gasteiger partial charge in [0.25, 0.3) is 0 Å². The Morgan fingerprint density at radius 3 is 1.10 bits per heavy atom. The highest BCUT2D eigenvalue weighted by molar-refractivity contribution is 5.93. The molecule has 0 radical (unpaired) electrons. The molecule has 0 fully saturated rings. The predicted molar refractivity (Wildman–Crippen MR) is 176 cm³/mol. The molecule has 6 heteroatoms. The maximum atomic E-state index is 12.4. The van der Waals surface area contributed by atoms with Crippen LogP contribution in [0.4, 0.5) is 0 Å². The first kappa shape index (κ1) is 38.1. The van der Waals surface area contributed by atoms with E-state index >= 15 is 0 Å². The average Bonchev–Trinajstić information content (AvgIpc) is 3.00. The lowest BCUT2D eigenvalue weighted by molar-refractivity contribution is 0.0476. The van der Waals surface area contributed by atoms with E-state index in [1.165, 1.54) is 103 Å². The van der Waals surface area contributed by atoms with Gasteiger partial charge in [0, 0.05) is 13.1 Å². The third-order valence-electron chi connectivity index (χ3n) is 7.98. The van der Waals surface area contributed by atoms with Gasteiger partial charge in [-0.25, -0.2) is 9.59 Å². The molecule has 0 aromatic heterocycles. The number of carbonyl (C=O) groups excluding carboxylic acids is 2. The van der Waals surface area contributed by atoms with Crippen LogP contribution in [0.2, 0.25) is 0 Å². The third kappa shape index (κ3) is 20.9. The fourth-order valence-corrected chi connectivity index (χ4v) is 5.16. The Balaban J connectivity index is 2.09. The van der Waals surface area contributed by atoms with Crippen LogP contribution in [0.3, 0.4) is 0 Å². The van der Waals surface area contributed by atoms with Gasteiger partial charge in [-0.15, -0.1) is 0 Å². The number of unbranched alkanes of at least 4 members (excludes halogenated alkanes) is 14. The Labute approximate surface area is 258 Å². The number of carbonyl (C=O) groups is 2. The zero-order valence-corrected chi connectivity index (χ0v) is 27.8. The summed E-state index contributed by atoms with van der Waals surface area (Å²) in [4.78, 5) is 29.4. The second-order valence-corrected chi connectivity index (χ2v) is 12.1. The Morgan fingerprint density at radius 2 is 0.762 bits per heavy atom. The highest BCUT2D eigenvalue weighted by Gasteiger charge is 2.11. The molecule has 42 heavy (non-hydrogen) atoms. The van der Waals surface area contributed by atoms with E-state index in [0.29, 0.717) is 24.3 Å². The number of nitrogens with zero attached hydrogens (tertiary/aromatic N) is 2. The first-order chi connectivity index (χ1) is 20.5. The van der Waals surface area contributed by atoms with Gasteiger partial charge in [0.05, 0.1) is 24.3 Å². The van der Waals surface area contributed by atoms with Gasteiger partial charge < -0.3 is 19.3 Å². The van der Waals surface area contributed by atoms with Gasteiger partial charge in [-0.3, -0.25) is 0 Å². The molecule has 0 unspecified atom stereocenters. The Bertz CT molecular complexity index is 718. The topological polar surface area (TPSA) is 59.1 Å². The minimum absolute atomic E-state index is 0.347. The van der Waals surface area contributed by atoms with Crippen molar-refractivity contribution in [2.24, 2.45) is 0 Å². The molecule has 6 nitrogen and oxygen atoms in total. The number of hydrogen-bond acceptors (Lipinski definition) is 6. The molecule has 0 saturated carbocycles. The van der Waals surface area contributed by atoms with E-state index in [0.717, 1.165) is 39.0 Å². The molecule has 0 atom stereocenters. The highest BCUT2D eigenvalue weighted by Crippen LogP contribution is 2.11. The standard InChI is InChI=1S/C36H64N2O4/c1-5-7-9-11-13-15-17-19-27-37(3)29-21-31-41-35(39)33-23-25-34(26-24-33)36(40)42-32-22-30-38(4)28-20-18-16-14-12-10-8-6-2/h23-26H,5-22,27-32H2,1-4H3. The maximum Gasteiger partial charge on any atom is 0.338 e. The molecule has 1 aromatic carbocycles. The van der Waals surface area contributed by atoms with Crippen molar-refractivity contribution in [2.45, 2.75) is 129 Å². The average molecular weight is 589 g/mol. The molecule has 0 N–H and O–H groups in total. The summed E-state index contributed by atoms with van der Waals surface area (Å²) < 4.78 is 10.9. The van der Waals surface area contributed by atoms with Crippen LogP contribution in [0.25, 0.3) is 0 Å². The summed E-state index contributed by atoms with van der Waals surface area (Å²) in [5, 5.41) is 0. The molecule has 0 spiro atoms. The zero-order valence-electron chi connectivity index (χ0n) is 27.8. The van der Waals surface area contributed by atoms with Gasteiger partial charge in [0.2, 0.25) is 0 Å². The molecule has 0 aliphatic carbocycles. The monoisotopic (exact) mass is 588 g/mol. The Hall–Kier alpha value is -1.92. The largest absolute Gasteiger partial charge is 0.462 e. The molecule has 0 aliphatic rings. The van der Waals surface area contributed by atoms with Crippen LogP contribution >= 0.6 is 0 Å². The summed E-state index contributed by atoms with van der Waals surface area (Å²) in [7, 11) is 4.27. The number of esters is 2. The molecule has 0 aliphatic heterocycles. The van der Waals surface area contributed by atoms with Crippen molar-refractivity contribution in [2.75, 3.05) is 53.5 Å². The van der Waals surface area contributed by atoms with Crippen molar-refractivity contribution in [1.82, 2.24) is 9.80 Å². The molecule has 0 heterocycles. The van der Waals surface area contributed by atoms with Crippen LogP contribution < -0.4 is 0 Å². The molecule has 1 aromatic rings. The first-order valence-electron chi connectivity index (χ1n) is 17.3. The van der Waals surface area contributed by atoms with E-state index in [4.69, 9.17) is 9.47 Å². The zero-order chi connectivity index (χ0) is 30.7. The van der Waals surface area contributed by atoms with Crippen LogP contribution in [-0.4, -0.2) is 75.2 Å². The molecule has 0 saturated heterocycles. The SMILES string of the molecule is CCCCCCCCCCN(C)CCCOC(=O)c1ccc(C(=O)OCCCN(C)CCCCCCCCCC)cc1. The molecular weight excluding hydrogens is 524 g/mol. The van der Waals surface area contributed by atoms with E-state index in [-0.39, 0.29) is 11.9 Å². The van der Waals surface area contributed by atoms with Crippen LogP contribution in [-0.2, 0) is 9.47 Å². The smallest absolute Gasteiger partial charge is 0.338 e. The lowest BCUT2D eigenvalue weighted by Gasteiger charge is -2.16.